The number of carbonyl (C=O) groups excluding carboxylic acids is 1. The van der Waals surface area contributed by atoms with Crippen molar-refractivity contribution >= 4 is 15.9 Å². The Morgan fingerprint density at radius 2 is 1.70 bits per heavy atom. The van der Waals surface area contributed by atoms with Crippen LogP contribution in [0.2, 0.25) is 0 Å². The lowest BCUT2D eigenvalue weighted by Crippen LogP contribution is -2.43. The van der Waals surface area contributed by atoms with E-state index in [4.69, 9.17) is 9.47 Å². The molecule has 2 atom stereocenters. The Bertz CT molecular complexity index is 1070. The van der Waals surface area contributed by atoms with E-state index in [1.165, 1.54) is 0 Å². The number of rotatable bonds is 7. The average Bonchev–Trinajstić information content (AvgIpc) is 3.00. The SMILES string of the molecule is COc1cccc(CCN2CC[C@@H]3CN(S(=O)(=O)c4ccccc4)CC[C@H]3CC2=O)c1OC. The molecule has 178 valence electrons. The summed E-state index contributed by atoms with van der Waals surface area (Å²) in [7, 11) is -0.266. The minimum Gasteiger partial charge on any atom is -0.493 e. The number of benzene rings is 2. The summed E-state index contributed by atoms with van der Waals surface area (Å²) < 4.78 is 38.7. The predicted molar refractivity (Wildman–Crippen MR) is 126 cm³/mol. The number of sulfonamides is 1. The Hall–Kier alpha value is -2.58. The predicted octanol–water partition coefficient (Wildman–Crippen LogP) is 3.20. The van der Waals surface area contributed by atoms with Crippen LogP contribution in [0.4, 0.5) is 0 Å². The number of likely N-dealkylation sites (tertiary alicyclic amines) is 1. The van der Waals surface area contributed by atoms with Gasteiger partial charge in [0, 0.05) is 32.6 Å². The summed E-state index contributed by atoms with van der Waals surface area (Å²) in [4.78, 5) is 15.3. The van der Waals surface area contributed by atoms with Crippen LogP contribution in [0.5, 0.6) is 11.5 Å². The first-order chi connectivity index (χ1) is 15.9. The molecule has 2 aromatic carbocycles. The second-order valence-corrected chi connectivity index (χ2v) is 10.7. The fourth-order valence-electron chi connectivity index (χ4n) is 5.05. The number of hydrogen-bond donors (Lipinski definition) is 0. The van der Waals surface area contributed by atoms with E-state index in [0.717, 1.165) is 18.4 Å². The molecule has 1 amide bonds. The molecule has 2 aromatic rings. The molecule has 2 fully saturated rings. The van der Waals surface area contributed by atoms with Gasteiger partial charge < -0.3 is 14.4 Å². The maximum atomic E-state index is 13.1. The Kier molecular flexibility index (Phi) is 7.24. The van der Waals surface area contributed by atoms with E-state index < -0.39 is 10.0 Å². The van der Waals surface area contributed by atoms with Gasteiger partial charge in [0.1, 0.15) is 0 Å². The van der Waals surface area contributed by atoms with E-state index in [-0.39, 0.29) is 17.7 Å². The van der Waals surface area contributed by atoms with Gasteiger partial charge in [-0.3, -0.25) is 4.79 Å². The molecule has 0 unspecified atom stereocenters. The van der Waals surface area contributed by atoms with Gasteiger partial charge in [0.05, 0.1) is 19.1 Å². The van der Waals surface area contributed by atoms with Crippen molar-refractivity contribution in [2.45, 2.75) is 30.6 Å². The first-order valence-corrected chi connectivity index (χ1v) is 12.9. The molecule has 7 nitrogen and oxygen atoms in total. The highest BCUT2D eigenvalue weighted by Gasteiger charge is 2.38. The smallest absolute Gasteiger partial charge is 0.243 e. The van der Waals surface area contributed by atoms with Crippen LogP contribution in [0, 0.1) is 11.8 Å². The fourth-order valence-corrected chi connectivity index (χ4v) is 6.58. The van der Waals surface area contributed by atoms with E-state index in [2.05, 4.69) is 0 Å². The quantitative estimate of drug-likeness (QED) is 0.619. The van der Waals surface area contributed by atoms with Crippen LogP contribution >= 0.6 is 0 Å². The maximum absolute atomic E-state index is 13.1. The monoisotopic (exact) mass is 472 g/mol. The van der Waals surface area contributed by atoms with Crippen molar-refractivity contribution < 1.29 is 22.7 Å². The summed E-state index contributed by atoms with van der Waals surface area (Å²) in [5.41, 5.74) is 1.01. The summed E-state index contributed by atoms with van der Waals surface area (Å²) in [6.07, 6.45) is 2.70. The number of piperidine rings is 1. The van der Waals surface area contributed by atoms with E-state index in [1.54, 1.807) is 42.8 Å². The van der Waals surface area contributed by atoms with Crippen LogP contribution in [0.25, 0.3) is 0 Å². The minimum atomic E-state index is -3.50. The van der Waals surface area contributed by atoms with E-state index in [9.17, 15) is 13.2 Å². The zero-order valence-corrected chi connectivity index (χ0v) is 20.1. The average molecular weight is 473 g/mol. The second-order valence-electron chi connectivity index (χ2n) is 8.76. The first kappa shape index (κ1) is 23.6. The number of ether oxygens (including phenoxy) is 2. The van der Waals surface area contributed by atoms with E-state index in [1.807, 2.05) is 29.2 Å². The van der Waals surface area contributed by atoms with Gasteiger partial charge >= 0.3 is 0 Å². The third-order valence-corrected chi connectivity index (χ3v) is 8.81. The van der Waals surface area contributed by atoms with Crippen LogP contribution < -0.4 is 9.47 Å². The van der Waals surface area contributed by atoms with Gasteiger partial charge in [0.25, 0.3) is 0 Å². The normalized spacial score (nSPS) is 21.9. The molecular formula is C25H32N2O5S. The molecule has 8 heteroatoms. The lowest BCUT2D eigenvalue weighted by Gasteiger charge is -2.36. The van der Waals surface area contributed by atoms with Crippen molar-refractivity contribution in [3.8, 4) is 11.5 Å². The first-order valence-electron chi connectivity index (χ1n) is 11.5. The Balaban J connectivity index is 1.41. The van der Waals surface area contributed by atoms with Gasteiger partial charge in [-0.25, -0.2) is 8.42 Å². The van der Waals surface area contributed by atoms with Crippen LogP contribution in [-0.2, 0) is 21.2 Å². The summed E-state index contributed by atoms with van der Waals surface area (Å²) in [5, 5.41) is 0. The summed E-state index contributed by atoms with van der Waals surface area (Å²) in [5.74, 6) is 1.97. The third kappa shape index (κ3) is 5.01. The zero-order valence-electron chi connectivity index (χ0n) is 19.3. The molecule has 33 heavy (non-hydrogen) atoms. The van der Waals surface area contributed by atoms with Gasteiger partial charge in [0.2, 0.25) is 15.9 Å². The zero-order chi connectivity index (χ0) is 23.4. The molecule has 2 aliphatic rings. The van der Waals surface area contributed by atoms with Gasteiger partial charge in [0.15, 0.2) is 11.5 Å². The van der Waals surface area contributed by atoms with E-state index in [0.29, 0.717) is 55.4 Å². The van der Waals surface area contributed by atoms with Gasteiger partial charge in [-0.1, -0.05) is 30.3 Å². The van der Waals surface area contributed by atoms with Crippen molar-refractivity contribution in [3.05, 3.63) is 54.1 Å². The second kappa shape index (κ2) is 10.1. The highest BCUT2D eigenvalue weighted by atomic mass is 32.2. The fraction of sp³-hybridized carbons (Fsp3) is 0.480. The number of fused-ring (bicyclic) bond motifs is 1. The number of methoxy groups -OCH3 is 2. The number of para-hydroxylation sites is 1. The van der Waals surface area contributed by atoms with Crippen LogP contribution in [0.15, 0.2) is 53.4 Å². The number of hydrogen-bond acceptors (Lipinski definition) is 5. The summed E-state index contributed by atoms with van der Waals surface area (Å²) >= 11 is 0. The molecule has 0 bridgehead atoms. The molecular weight excluding hydrogens is 440 g/mol. The van der Waals surface area contributed by atoms with Crippen molar-refractivity contribution in [1.82, 2.24) is 9.21 Å². The molecule has 2 heterocycles. The molecule has 4 rings (SSSR count). The standard InChI is InChI=1S/C25H32N2O5S/c1-31-23-10-6-7-19(25(23)32-2)11-14-26-15-12-21-18-27(16-13-20(21)17-24(26)28)33(29,30)22-8-4-3-5-9-22/h3-10,20-21H,11-18H2,1-2H3/t20-,21+/m0/s1. The Morgan fingerprint density at radius 3 is 2.42 bits per heavy atom. The van der Waals surface area contributed by atoms with Crippen molar-refractivity contribution in [2.24, 2.45) is 11.8 Å². The number of nitrogens with zero attached hydrogens (tertiary/aromatic N) is 2. The van der Waals surface area contributed by atoms with Crippen molar-refractivity contribution in [2.75, 3.05) is 40.4 Å². The Morgan fingerprint density at radius 1 is 0.939 bits per heavy atom. The van der Waals surface area contributed by atoms with Crippen molar-refractivity contribution in [1.29, 1.82) is 0 Å². The molecule has 0 radical (unpaired) electrons. The highest BCUT2D eigenvalue weighted by Crippen LogP contribution is 2.35. The summed E-state index contributed by atoms with van der Waals surface area (Å²) in [6, 6.07) is 14.4. The van der Waals surface area contributed by atoms with E-state index >= 15 is 0 Å². The molecule has 0 spiro atoms. The molecule has 2 aliphatic heterocycles. The molecule has 0 saturated carbocycles. The largest absolute Gasteiger partial charge is 0.493 e. The lowest BCUT2D eigenvalue weighted by molar-refractivity contribution is -0.131. The summed E-state index contributed by atoms with van der Waals surface area (Å²) in [6.45, 7) is 2.19. The molecule has 0 N–H and O–H groups in total. The van der Waals surface area contributed by atoms with Gasteiger partial charge in [-0.15, -0.1) is 0 Å². The van der Waals surface area contributed by atoms with Crippen LogP contribution in [-0.4, -0.2) is 63.9 Å². The molecule has 2 saturated heterocycles. The molecule has 0 aliphatic carbocycles. The third-order valence-electron chi connectivity index (χ3n) is 6.93. The lowest BCUT2D eigenvalue weighted by atomic mass is 9.83. The minimum absolute atomic E-state index is 0.156. The topological polar surface area (TPSA) is 76.2 Å². The number of carbonyl (C=O) groups is 1. The maximum Gasteiger partial charge on any atom is 0.243 e. The van der Waals surface area contributed by atoms with Crippen molar-refractivity contribution in [3.63, 3.8) is 0 Å². The number of amides is 1. The van der Waals surface area contributed by atoms with Gasteiger partial charge in [-0.2, -0.15) is 4.31 Å². The van der Waals surface area contributed by atoms with Crippen LogP contribution in [0.1, 0.15) is 24.8 Å². The van der Waals surface area contributed by atoms with Gasteiger partial charge in [-0.05, 0) is 54.9 Å². The Labute approximate surface area is 196 Å². The molecule has 0 aromatic heterocycles. The van der Waals surface area contributed by atoms with Crippen LogP contribution in [0.3, 0.4) is 0 Å². The highest BCUT2D eigenvalue weighted by molar-refractivity contribution is 7.89.